The van der Waals surface area contributed by atoms with Gasteiger partial charge in [0, 0.05) is 31.7 Å². The number of ether oxygens (including phenoxy) is 1. The minimum Gasteiger partial charge on any atom is -0.481 e. The van der Waals surface area contributed by atoms with E-state index >= 15 is 0 Å². The fraction of sp³-hybridized carbons (Fsp3) is 0.917. The third-order valence-electron chi connectivity index (χ3n) is 4.36. The average Bonchev–Trinajstić information content (AvgIpc) is 2.18. The molecule has 2 unspecified atom stereocenters. The lowest BCUT2D eigenvalue weighted by atomic mass is 9.63. The van der Waals surface area contributed by atoms with E-state index in [9.17, 15) is 4.79 Å². The molecule has 2 aliphatic rings. The highest BCUT2D eigenvalue weighted by Gasteiger charge is 2.52. The number of hydrogen-bond donors (Lipinski definition) is 3. The first kappa shape index (κ1) is 12.8. The minimum absolute atomic E-state index is 0.0792. The number of carboxylic acid groups (broad SMARTS) is 1. The van der Waals surface area contributed by atoms with Crippen LogP contribution in [0.5, 0.6) is 0 Å². The van der Waals surface area contributed by atoms with Gasteiger partial charge in [0.05, 0.1) is 18.1 Å². The molecular formula is C12H22N2O3. The Morgan fingerprint density at radius 3 is 2.53 bits per heavy atom. The Kier molecular flexibility index (Phi) is 3.18. The van der Waals surface area contributed by atoms with Crippen molar-refractivity contribution in [3.63, 3.8) is 0 Å². The first-order valence-electron chi connectivity index (χ1n) is 6.13. The predicted octanol–water partition coefficient (Wildman–Crippen LogP) is 0.206. The second kappa shape index (κ2) is 4.23. The van der Waals surface area contributed by atoms with Gasteiger partial charge in [-0.15, -0.1) is 0 Å². The van der Waals surface area contributed by atoms with Crippen LogP contribution in [0, 0.1) is 5.41 Å². The zero-order chi connectivity index (χ0) is 12.7. The van der Waals surface area contributed by atoms with Gasteiger partial charge in [-0.2, -0.15) is 0 Å². The molecule has 2 fully saturated rings. The molecule has 0 amide bonds. The van der Waals surface area contributed by atoms with Crippen LogP contribution in [0.3, 0.4) is 0 Å². The molecule has 1 saturated carbocycles. The second-order valence-corrected chi connectivity index (χ2v) is 5.93. The van der Waals surface area contributed by atoms with E-state index in [-0.39, 0.29) is 23.5 Å². The van der Waals surface area contributed by atoms with Gasteiger partial charge < -0.3 is 20.5 Å². The quantitative estimate of drug-likeness (QED) is 0.643. The van der Waals surface area contributed by atoms with Crippen molar-refractivity contribution < 1.29 is 14.6 Å². The molecule has 1 heterocycles. The zero-order valence-electron chi connectivity index (χ0n) is 10.7. The van der Waals surface area contributed by atoms with Gasteiger partial charge in [0.1, 0.15) is 0 Å². The van der Waals surface area contributed by atoms with Gasteiger partial charge in [0.15, 0.2) is 0 Å². The lowest BCUT2D eigenvalue weighted by Gasteiger charge is -2.56. The maximum atomic E-state index is 10.9. The highest BCUT2D eigenvalue weighted by molar-refractivity contribution is 5.68. The molecule has 1 saturated heterocycles. The number of rotatable bonds is 5. The summed E-state index contributed by atoms with van der Waals surface area (Å²) in [6, 6.07) is 0.342. The lowest BCUT2D eigenvalue weighted by Crippen LogP contribution is -2.75. The molecule has 0 bridgehead atoms. The van der Waals surface area contributed by atoms with Crippen LogP contribution in [0.4, 0.5) is 0 Å². The van der Waals surface area contributed by atoms with Crippen molar-refractivity contribution in [2.45, 2.75) is 44.4 Å². The SMILES string of the molecule is COC1CC(NC2(CC(=O)O)CNC2)C1(C)C. The Balaban J connectivity index is 1.95. The van der Waals surface area contributed by atoms with E-state index in [1.807, 2.05) is 0 Å². The third-order valence-corrected chi connectivity index (χ3v) is 4.36. The monoisotopic (exact) mass is 242 g/mol. The van der Waals surface area contributed by atoms with Crippen LogP contribution in [0.15, 0.2) is 0 Å². The van der Waals surface area contributed by atoms with E-state index in [4.69, 9.17) is 9.84 Å². The van der Waals surface area contributed by atoms with Crippen molar-refractivity contribution in [1.82, 2.24) is 10.6 Å². The Labute approximate surface area is 102 Å². The second-order valence-electron chi connectivity index (χ2n) is 5.93. The zero-order valence-corrected chi connectivity index (χ0v) is 10.7. The molecule has 98 valence electrons. The van der Waals surface area contributed by atoms with Crippen LogP contribution in [-0.2, 0) is 9.53 Å². The maximum Gasteiger partial charge on any atom is 0.305 e. The van der Waals surface area contributed by atoms with Crippen molar-refractivity contribution in [1.29, 1.82) is 0 Å². The molecule has 1 aliphatic heterocycles. The van der Waals surface area contributed by atoms with Crippen LogP contribution in [0.25, 0.3) is 0 Å². The fourth-order valence-electron chi connectivity index (χ4n) is 2.89. The summed E-state index contributed by atoms with van der Waals surface area (Å²) in [7, 11) is 1.74. The van der Waals surface area contributed by atoms with Crippen molar-refractivity contribution >= 4 is 5.97 Å². The Bertz CT molecular complexity index is 313. The maximum absolute atomic E-state index is 10.9. The highest BCUT2D eigenvalue weighted by atomic mass is 16.5. The predicted molar refractivity (Wildman–Crippen MR) is 64.0 cm³/mol. The van der Waals surface area contributed by atoms with E-state index in [2.05, 4.69) is 24.5 Å². The molecule has 17 heavy (non-hydrogen) atoms. The number of methoxy groups -OCH3 is 1. The summed E-state index contributed by atoms with van der Waals surface area (Å²) in [6.07, 6.45) is 1.42. The van der Waals surface area contributed by atoms with Crippen molar-refractivity contribution in [2.24, 2.45) is 5.41 Å². The lowest BCUT2D eigenvalue weighted by molar-refractivity contribution is -0.141. The molecule has 0 radical (unpaired) electrons. The molecular weight excluding hydrogens is 220 g/mol. The number of aliphatic carboxylic acids is 1. The van der Waals surface area contributed by atoms with E-state index in [0.717, 1.165) is 19.5 Å². The minimum atomic E-state index is -0.737. The summed E-state index contributed by atoms with van der Waals surface area (Å²) >= 11 is 0. The number of nitrogens with one attached hydrogen (secondary N) is 2. The van der Waals surface area contributed by atoms with Gasteiger partial charge in [-0.1, -0.05) is 13.8 Å². The molecule has 5 heteroatoms. The van der Waals surface area contributed by atoms with E-state index in [1.54, 1.807) is 7.11 Å². The summed E-state index contributed by atoms with van der Waals surface area (Å²) in [5.74, 6) is -0.737. The van der Waals surface area contributed by atoms with E-state index in [1.165, 1.54) is 0 Å². The summed E-state index contributed by atoms with van der Waals surface area (Å²) in [5, 5.41) is 15.6. The summed E-state index contributed by atoms with van der Waals surface area (Å²) in [5.41, 5.74) is -0.178. The highest BCUT2D eigenvalue weighted by Crippen LogP contribution is 2.43. The molecule has 0 aromatic rings. The summed E-state index contributed by atoms with van der Waals surface area (Å²) in [4.78, 5) is 10.9. The first-order chi connectivity index (χ1) is 7.89. The molecule has 3 N–H and O–H groups in total. The first-order valence-corrected chi connectivity index (χ1v) is 6.13. The van der Waals surface area contributed by atoms with Crippen molar-refractivity contribution in [2.75, 3.05) is 20.2 Å². The van der Waals surface area contributed by atoms with E-state index in [0.29, 0.717) is 6.04 Å². The number of carbonyl (C=O) groups is 1. The van der Waals surface area contributed by atoms with E-state index < -0.39 is 5.97 Å². The van der Waals surface area contributed by atoms with Crippen LogP contribution in [-0.4, -0.2) is 49.0 Å². The standard InChI is InChI=1S/C12H22N2O3/c1-11(2)8(4-9(11)17-3)14-12(5-10(15)16)6-13-7-12/h8-9,13-14H,4-7H2,1-3H3,(H,15,16). The van der Waals surface area contributed by atoms with Crippen LogP contribution in [0.1, 0.15) is 26.7 Å². The van der Waals surface area contributed by atoms with Crippen LogP contribution >= 0.6 is 0 Å². The van der Waals surface area contributed by atoms with Gasteiger partial charge in [-0.3, -0.25) is 4.79 Å². The van der Waals surface area contributed by atoms with Gasteiger partial charge in [-0.25, -0.2) is 0 Å². The normalized spacial score (nSPS) is 33.6. The molecule has 0 aromatic carbocycles. The van der Waals surface area contributed by atoms with Gasteiger partial charge in [-0.05, 0) is 6.42 Å². The van der Waals surface area contributed by atoms with Crippen LogP contribution < -0.4 is 10.6 Å². The molecule has 5 nitrogen and oxygen atoms in total. The van der Waals surface area contributed by atoms with Crippen molar-refractivity contribution in [3.8, 4) is 0 Å². The van der Waals surface area contributed by atoms with Gasteiger partial charge in [0.2, 0.25) is 0 Å². The topological polar surface area (TPSA) is 70.6 Å². The summed E-state index contributed by atoms with van der Waals surface area (Å²) in [6.45, 7) is 5.82. The Hall–Kier alpha value is -0.650. The molecule has 0 spiro atoms. The largest absolute Gasteiger partial charge is 0.481 e. The third kappa shape index (κ3) is 2.19. The molecule has 2 rings (SSSR count). The van der Waals surface area contributed by atoms with Gasteiger partial charge >= 0.3 is 5.97 Å². The number of hydrogen-bond acceptors (Lipinski definition) is 4. The average molecular weight is 242 g/mol. The fourth-order valence-corrected chi connectivity index (χ4v) is 2.89. The molecule has 2 atom stereocenters. The smallest absolute Gasteiger partial charge is 0.305 e. The Morgan fingerprint density at radius 2 is 2.18 bits per heavy atom. The molecule has 1 aliphatic carbocycles. The van der Waals surface area contributed by atoms with Gasteiger partial charge in [0.25, 0.3) is 0 Å². The Morgan fingerprint density at radius 1 is 1.53 bits per heavy atom. The van der Waals surface area contributed by atoms with Crippen LogP contribution in [0.2, 0.25) is 0 Å². The van der Waals surface area contributed by atoms with Crippen molar-refractivity contribution in [3.05, 3.63) is 0 Å². The summed E-state index contributed by atoms with van der Waals surface area (Å²) < 4.78 is 5.41. The molecule has 0 aromatic heterocycles. The number of carboxylic acids is 1.